The van der Waals surface area contributed by atoms with Crippen molar-refractivity contribution < 1.29 is 22.7 Å². The summed E-state index contributed by atoms with van der Waals surface area (Å²) in [6.07, 6.45) is -0.0879. The van der Waals surface area contributed by atoms with E-state index < -0.39 is 42.7 Å². The molecular formula is C19H16F3N5O2. The van der Waals surface area contributed by atoms with E-state index in [1.54, 1.807) is 0 Å². The van der Waals surface area contributed by atoms with Crippen molar-refractivity contribution in [1.29, 1.82) is 5.26 Å². The largest absolute Gasteiger partial charge is 0.459 e. The van der Waals surface area contributed by atoms with Gasteiger partial charge < -0.3 is 15.8 Å². The van der Waals surface area contributed by atoms with Gasteiger partial charge in [0.15, 0.2) is 0 Å². The van der Waals surface area contributed by atoms with Gasteiger partial charge in [-0.25, -0.2) is 23.1 Å². The Labute approximate surface area is 164 Å². The average molecular weight is 403 g/mol. The third kappa shape index (κ3) is 4.13. The van der Waals surface area contributed by atoms with Crippen LogP contribution in [0.25, 0.3) is 0 Å². The van der Waals surface area contributed by atoms with Gasteiger partial charge in [-0.3, -0.25) is 4.79 Å². The second-order valence-corrected chi connectivity index (χ2v) is 6.41. The number of amides is 1. The van der Waals surface area contributed by atoms with Crippen LogP contribution in [0.3, 0.4) is 0 Å². The molecule has 0 fully saturated rings. The molecule has 2 unspecified atom stereocenters. The Hall–Kier alpha value is -3.61. The van der Waals surface area contributed by atoms with Crippen molar-refractivity contribution in [1.82, 2.24) is 4.98 Å². The third-order valence-electron chi connectivity index (χ3n) is 4.42. The molecule has 0 spiro atoms. The molecule has 29 heavy (non-hydrogen) atoms. The predicted octanol–water partition coefficient (Wildman–Crippen LogP) is 2.58. The number of amidine groups is 1. The first-order chi connectivity index (χ1) is 13.9. The summed E-state index contributed by atoms with van der Waals surface area (Å²) in [5, 5.41) is 11.3. The molecule has 2 heterocycles. The fourth-order valence-electron chi connectivity index (χ4n) is 3.03. The Morgan fingerprint density at radius 1 is 1.38 bits per heavy atom. The van der Waals surface area contributed by atoms with Gasteiger partial charge in [-0.05, 0) is 30.3 Å². The highest BCUT2D eigenvalue weighted by Gasteiger charge is 2.42. The van der Waals surface area contributed by atoms with Gasteiger partial charge >= 0.3 is 0 Å². The molecule has 7 nitrogen and oxygen atoms in total. The molecule has 1 aromatic heterocycles. The number of hydrogen-bond donors (Lipinski definition) is 2. The summed E-state index contributed by atoms with van der Waals surface area (Å²) in [5.41, 5.74) is 4.05. The van der Waals surface area contributed by atoms with Gasteiger partial charge in [0.1, 0.15) is 42.6 Å². The first-order valence-electron chi connectivity index (χ1n) is 8.52. The number of hydrogen-bond acceptors (Lipinski definition) is 6. The number of pyridine rings is 1. The number of aliphatic imine (C=N–C) groups is 1. The third-order valence-corrected chi connectivity index (χ3v) is 4.42. The molecule has 0 saturated heterocycles. The highest BCUT2D eigenvalue weighted by molar-refractivity contribution is 6.02. The molecule has 2 aromatic rings. The van der Waals surface area contributed by atoms with E-state index in [1.807, 2.05) is 6.07 Å². The van der Waals surface area contributed by atoms with E-state index in [1.165, 1.54) is 30.5 Å². The Morgan fingerprint density at radius 3 is 2.79 bits per heavy atom. The molecule has 0 bridgehead atoms. The van der Waals surface area contributed by atoms with Crippen LogP contribution < -0.4 is 11.1 Å². The van der Waals surface area contributed by atoms with Gasteiger partial charge in [-0.1, -0.05) is 0 Å². The first kappa shape index (κ1) is 20.1. The fourth-order valence-corrected chi connectivity index (χ4v) is 3.03. The number of nitriles is 1. The monoisotopic (exact) mass is 403 g/mol. The van der Waals surface area contributed by atoms with Gasteiger partial charge in [0.05, 0.1) is 5.56 Å². The van der Waals surface area contributed by atoms with Crippen molar-refractivity contribution in [2.75, 3.05) is 18.7 Å². The van der Waals surface area contributed by atoms with E-state index in [0.717, 1.165) is 6.07 Å². The maximum Gasteiger partial charge on any atom is 0.283 e. The molecule has 2 atom stereocenters. The lowest BCUT2D eigenvalue weighted by Crippen LogP contribution is -2.43. The Kier molecular flexibility index (Phi) is 5.68. The number of nitrogens with one attached hydrogen (secondary N) is 1. The molecule has 1 amide bonds. The van der Waals surface area contributed by atoms with Crippen LogP contribution in [0.15, 0.2) is 41.5 Å². The van der Waals surface area contributed by atoms with E-state index in [0.29, 0.717) is 0 Å². The van der Waals surface area contributed by atoms with E-state index in [4.69, 9.17) is 15.7 Å². The van der Waals surface area contributed by atoms with Crippen molar-refractivity contribution in [3.63, 3.8) is 0 Å². The lowest BCUT2D eigenvalue weighted by Gasteiger charge is -2.35. The molecule has 3 N–H and O–H groups in total. The highest BCUT2D eigenvalue weighted by atomic mass is 19.1. The van der Waals surface area contributed by atoms with Crippen molar-refractivity contribution in [2.24, 2.45) is 10.7 Å². The van der Waals surface area contributed by atoms with E-state index in [-0.39, 0.29) is 28.9 Å². The normalized spacial score (nSPS) is 20.9. The molecule has 0 radical (unpaired) electrons. The Bertz CT molecular complexity index is 990. The molecular weight excluding hydrogens is 387 g/mol. The van der Waals surface area contributed by atoms with Crippen molar-refractivity contribution in [2.45, 2.75) is 18.1 Å². The zero-order chi connectivity index (χ0) is 21.0. The molecule has 0 saturated carbocycles. The molecule has 1 aromatic carbocycles. The summed E-state index contributed by atoms with van der Waals surface area (Å²) < 4.78 is 46.6. The van der Waals surface area contributed by atoms with Crippen molar-refractivity contribution >= 4 is 17.6 Å². The van der Waals surface area contributed by atoms with Crippen LogP contribution in [0.5, 0.6) is 0 Å². The summed E-state index contributed by atoms with van der Waals surface area (Å²) in [5.74, 6) is -1.40. The molecule has 10 heteroatoms. The standard InChI is InChI=1S/C19H16F3N5O2/c20-7-13-6-19(10-21,27-18(24)29-13)14-5-12(2-3-15(14)22)26-17(28)16-4-1-11(8-23)9-25-16/h1-5,9,13H,6-7,10H2,(H2,24,27)(H,26,28). The summed E-state index contributed by atoms with van der Waals surface area (Å²) >= 11 is 0. The van der Waals surface area contributed by atoms with E-state index in [2.05, 4.69) is 15.3 Å². The first-order valence-corrected chi connectivity index (χ1v) is 8.52. The number of benzene rings is 1. The number of anilines is 1. The molecule has 150 valence electrons. The van der Waals surface area contributed by atoms with Gasteiger partial charge in [0, 0.05) is 23.9 Å². The topological polar surface area (TPSA) is 113 Å². The highest BCUT2D eigenvalue weighted by Crippen LogP contribution is 2.38. The van der Waals surface area contributed by atoms with Gasteiger partial charge in [0.25, 0.3) is 11.9 Å². The quantitative estimate of drug-likeness (QED) is 0.797. The SMILES string of the molecule is N#Cc1ccc(C(=O)Nc2ccc(F)c(C3(CF)CC(CF)OC(N)=N3)c2)nc1. The lowest BCUT2D eigenvalue weighted by atomic mass is 9.85. The number of nitrogens with two attached hydrogens (primary N) is 1. The lowest BCUT2D eigenvalue weighted by molar-refractivity contribution is 0.0781. The summed E-state index contributed by atoms with van der Waals surface area (Å²) in [4.78, 5) is 20.1. The molecule has 1 aliphatic heterocycles. The number of rotatable bonds is 5. The minimum Gasteiger partial charge on any atom is -0.459 e. The summed E-state index contributed by atoms with van der Waals surface area (Å²) in [7, 11) is 0. The zero-order valence-electron chi connectivity index (χ0n) is 15.0. The van der Waals surface area contributed by atoms with Crippen molar-refractivity contribution in [3.05, 3.63) is 59.2 Å². The number of aromatic nitrogens is 1. The summed E-state index contributed by atoms with van der Waals surface area (Å²) in [6.45, 7) is -2.08. The number of ether oxygens (including phenoxy) is 1. The summed E-state index contributed by atoms with van der Waals surface area (Å²) in [6, 6.07) is 7.77. The number of carbonyl (C=O) groups excluding carboxylic acids is 1. The number of halogens is 3. The molecule has 0 aliphatic carbocycles. The number of alkyl halides is 2. The second-order valence-electron chi connectivity index (χ2n) is 6.41. The number of carbonyl (C=O) groups is 1. The van der Waals surface area contributed by atoms with Crippen LogP contribution >= 0.6 is 0 Å². The zero-order valence-corrected chi connectivity index (χ0v) is 15.0. The van der Waals surface area contributed by atoms with Crippen LogP contribution in [-0.4, -0.2) is 36.4 Å². The molecule has 1 aliphatic rings. The fraction of sp³-hybridized carbons (Fsp3) is 0.263. The maximum absolute atomic E-state index is 14.5. The van der Waals surface area contributed by atoms with Gasteiger partial charge in [0.2, 0.25) is 0 Å². The minimum absolute atomic E-state index is 0.0286. The van der Waals surface area contributed by atoms with Crippen LogP contribution in [0.4, 0.5) is 18.9 Å². The van der Waals surface area contributed by atoms with Crippen LogP contribution in [0, 0.1) is 17.1 Å². The Morgan fingerprint density at radius 2 is 2.17 bits per heavy atom. The predicted molar refractivity (Wildman–Crippen MR) is 98.0 cm³/mol. The maximum atomic E-state index is 14.5. The van der Waals surface area contributed by atoms with Crippen LogP contribution in [0.2, 0.25) is 0 Å². The second kappa shape index (κ2) is 8.18. The smallest absolute Gasteiger partial charge is 0.283 e. The van der Waals surface area contributed by atoms with Crippen LogP contribution in [-0.2, 0) is 10.3 Å². The average Bonchev–Trinajstić information content (AvgIpc) is 2.74. The van der Waals surface area contributed by atoms with E-state index in [9.17, 15) is 18.0 Å². The van der Waals surface area contributed by atoms with Crippen LogP contribution in [0.1, 0.15) is 28.0 Å². The van der Waals surface area contributed by atoms with Gasteiger partial charge in [-0.2, -0.15) is 5.26 Å². The van der Waals surface area contributed by atoms with E-state index >= 15 is 0 Å². The molecule has 3 rings (SSSR count). The van der Waals surface area contributed by atoms with Gasteiger partial charge in [-0.15, -0.1) is 0 Å². The number of nitrogens with zero attached hydrogens (tertiary/aromatic N) is 3. The van der Waals surface area contributed by atoms with Crippen molar-refractivity contribution in [3.8, 4) is 6.07 Å². The minimum atomic E-state index is -1.77. The Balaban J connectivity index is 1.92.